The molecule has 0 atom stereocenters. The summed E-state index contributed by atoms with van der Waals surface area (Å²) >= 11 is 3.03. The molecule has 0 N–H and O–H groups in total. The molecule has 0 bridgehead atoms. The Bertz CT molecular complexity index is 953. The monoisotopic (exact) mass is 417 g/mol. The standard InChI is InChI=1S/C19H23N5O2S2/c1-13-5-6-17(14(2)9-13)24(15(3)25)18-21-16(10-27-18)11-28-19-22-20-12-23(19)7-8-26-4/h5-6,9-10,12H,7-8,11H2,1-4H3. The molecule has 1 aromatic carbocycles. The molecule has 3 rings (SSSR count). The number of rotatable bonds is 8. The van der Waals surface area contributed by atoms with E-state index in [1.807, 2.05) is 35.9 Å². The van der Waals surface area contributed by atoms with E-state index in [1.165, 1.54) is 16.9 Å². The number of ether oxygens (including phenoxy) is 1. The predicted molar refractivity (Wildman–Crippen MR) is 112 cm³/mol. The summed E-state index contributed by atoms with van der Waals surface area (Å²) in [6.45, 7) is 6.93. The average Bonchev–Trinajstić information content (AvgIpc) is 3.29. The maximum absolute atomic E-state index is 12.3. The molecule has 2 aromatic heterocycles. The Labute approximate surface area is 172 Å². The second-order valence-electron chi connectivity index (χ2n) is 6.35. The van der Waals surface area contributed by atoms with Crippen LogP contribution in [0.5, 0.6) is 0 Å². The van der Waals surface area contributed by atoms with Crippen molar-refractivity contribution in [2.45, 2.75) is 38.2 Å². The van der Waals surface area contributed by atoms with Crippen molar-refractivity contribution in [2.24, 2.45) is 0 Å². The molecule has 0 aliphatic rings. The summed E-state index contributed by atoms with van der Waals surface area (Å²) in [5.74, 6) is 0.598. The van der Waals surface area contributed by atoms with Crippen LogP contribution in [0.15, 0.2) is 35.1 Å². The van der Waals surface area contributed by atoms with E-state index >= 15 is 0 Å². The second-order valence-corrected chi connectivity index (χ2v) is 8.13. The first-order valence-corrected chi connectivity index (χ1v) is 10.7. The highest BCUT2D eigenvalue weighted by molar-refractivity contribution is 7.98. The molecule has 0 aliphatic carbocycles. The van der Waals surface area contributed by atoms with Crippen LogP contribution in [0.1, 0.15) is 23.7 Å². The zero-order valence-electron chi connectivity index (χ0n) is 16.4. The molecule has 0 unspecified atom stereocenters. The molecule has 7 nitrogen and oxygen atoms in total. The van der Waals surface area contributed by atoms with Gasteiger partial charge in [-0.1, -0.05) is 29.5 Å². The Hall–Kier alpha value is -2.23. The quantitative estimate of drug-likeness (QED) is 0.516. The normalized spacial score (nSPS) is 11.0. The van der Waals surface area contributed by atoms with Gasteiger partial charge >= 0.3 is 0 Å². The first-order chi connectivity index (χ1) is 13.5. The number of hydrogen-bond donors (Lipinski definition) is 0. The topological polar surface area (TPSA) is 73.1 Å². The van der Waals surface area contributed by atoms with E-state index in [0.717, 1.165) is 22.1 Å². The van der Waals surface area contributed by atoms with E-state index in [-0.39, 0.29) is 5.91 Å². The predicted octanol–water partition coefficient (Wildman–Crippen LogP) is 3.97. The van der Waals surface area contributed by atoms with Gasteiger partial charge in [0.05, 0.1) is 18.0 Å². The lowest BCUT2D eigenvalue weighted by molar-refractivity contribution is -0.115. The van der Waals surface area contributed by atoms with Crippen LogP contribution in [0.3, 0.4) is 0 Å². The van der Waals surface area contributed by atoms with Crippen molar-refractivity contribution in [1.29, 1.82) is 0 Å². The van der Waals surface area contributed by atoms with Crippen LogP contribution < -0.4 is 4.90 Å². The maximum Gasteiger partial charge on any atom is 0.230 e. The largest absolute Gasteiger partial charge is 0.383 e. The second kappa shape index (κ2) is 9.31. The Morgan fingerprint density at radius 1 is 1.36 bits per heavy atom. The van der Waals surface area contributed by atoms with Gasteiger partial charge in [-0.15, -0.1) is 21.5 Å². The van der Waals surface area contributed by atoms with Crippen molar-refractivity contribution in [2.75, 3.05) is 18.6 Å². The molecular formula is C19H23N5O2S2. The van der Waals surface area contributed by atoms with Crippen LogP contribution in [-0.4, -0.2) is 39.4 Å². The fourth-order valence-electron chi connectivity index (χ4n) is 2.77. The summed E-state index contributed by atoms with van der Waals surface area (Å²) in [6, 6.07) is 6.05. The van der Waals surface area contributed by atoms with Crippen molar-refractivity contribution < 1.29 is 9.53 Å². The minimum absolute atomic E-state index is 0.0557. The number of aromatic nitrogens is 4. The third-order valence-corrected chi connectivity index (χ3v) is 5.99. The average molecular weight is 418 g/mol. The van der Waals surface area contributed by atoms with Crippen LogP contribution in [0.25, 0.3) is 0 Å². The summed E-state index contributed by atoms with van der Waals surface area (Å²) in [4.78, 5) is 18.7. The van der Waals surface area contributed by atoms with Gasteiger partial charge in [0.15, 0.2) is 10.3 Å². The molecule has 148 valence electrons. The molecular weight excluding hydrogens is 394 g/mol. The number of thioether (sulfide) groups is 1. The molecule has 0 fully saturated rings. The number of carbonyl (C=O) groups excluding carboxylic acids is 1. The Balaban J connectivity index is 1.75. The Kier molecular flexibility index (Phi) is 6.82. The molecule has 0 saturated carbocycles. The summed E-state index contributed by atoms with van der Waals surface area (Å²) in [5.41, 5.74) is 3.99. The van der Waals surface area contributed by atoms with E-state index in [4.69, 9.17) is 4.74 Å². The van der Waals surface area contributed by atoms with Crippen molar-refractivity contribution in [1.82, 2.24) is 19.7 Å². The van der Waals surface area contributed by atoms with Crippen LogP contribution in [-0.2, 0) is 21.8 Å². The smallest absolute Gasteiger partial charge is 0.230 e. The number of anilines is 2. The minimum atomic E-state index is -0.0557. The summed E-state index contributed by atoms with van der Waals surface area (Å²) in [7, 11) is 1.67. The number of amides is 1. The number of hydrogen-bond acceptors (Lipinski definition) is 7. The fourth-order valence-corrected chi connectivity index (χ4v) is 4.59. The molecule has 0 saturated heterocycles. The third kappa shape index (κ3) is 4.78. The molecule has 9 heteroatoms. The number of aryl methyl sites for hydroxylation is 2. The molecule has 2 heterocycles. The van der Waals surface area contributed by atoms with Gasteiger partial charge in [-0.2, -0.15) is 0 Å². The van der Waals surface area contributed by atoms with Gasteiger partial charge in [-0.25, -0.2) is 4.98 Å². The van der Waals surface area contributed by atoms with Crippen LogP contribution in [0.4, 0.5) is 10.8 Å². The van der Waals surface area contributed by atoms with E-state index in [2.05, 4.69) is 21.2 Å². The minimum Gasteiger partial charge on any atom is -0.383 e. The van der Waals surface area contributed by atoms with Gasteiger partial charge in [-0.05, 0) is 25.5 Å². The van der Waals surface area contributed by atoms with Gasteiger partial charge in [0, 0.05) is 31.7 Å². The van der Waals surface area contributed by atoms with Gasteiger partial charge < -0.3 is 9.30 Å². The lowest BCUT2D eigenvalue weighted by Gasteiger charge is -2.20. The lowest BCUT2D eigenvalue weighted by Crippen LogP contribution is -2.23. The molecule has 3 aromatic rings. The number of thiazole rings is 1. The van der Waals surface area contributed by atoms with Crippen LogP contribution in [0.2, 0.25) is 0 Å². The Morgan fingerprint density at radius 2 is 2.18 bits per heavy atom. The number of carbonyl (C=O) groups is 1. The number of methoxy groups -OCH3 is 1. The van der Waals surface area contributed by atoms with Gasteiger partial charge in [-0.3, -0.25) is 9.69 Å². The van der Waals surface area contributed by atoms with Crippen molar-refractivity contribution in [3.63, 3.8) is 0 Å². The first kappa shape index (κ1) is 20.5. The first-order valence-electron chi connectivity index (χ1n) is 8.81. The van der Waals surface area contributed by atoms with Crippen molar-refractivity contribution in [3.8, 4) is 0 Å². The molecule has 0 aliphatic heterocycles. The Morgan fingerprint density at radius 3 is 2.89 bits per heavy atom. The SMILES string of the molecule is COCCn1cnnc1SCc1csc(N(C(C)=O)c2ccc(C)cc2C)n1. The third-order valence-electron chi connectivity index (χ3n) is 4.10. The van der Waals surface area contributed by atoms with E-state index < -0.39 is 0 Å². The van der Waals surface area contributed by atoms with Crippen LogP contribution in [0, 0.1) is 13.8 Å². The molecule has 1 amide bonds. The van der Waals surface area contributed by atoms with Gasteiger partial charge in [0.1, 0.15) is 6.33 Å². The highest BCUT2D eigenvalue weighted by Crippen LogP contribution is 2.33. The summed E-state index contributed by atoms with van der Waals surface area (Å²) in [6.07, 6.45) is 1.70. The van der Waals surface area contributed by atoms with Crippen LogP contribution >= 0.6 is 23.1 Å². The lowest BCUT2D eigenvalue weighted by atomic mass is 10.1. The molecule has 28 heavy (non-hydrogen) atoms. The maximum atomic E-state index is 12.3. The zero-order chi connectivity index (χ0) is 20.1. The van der Waals surface area contributed by atoms with Gasteiger partial charge in [0.25, 0.3) is 0 Å². The number of nitrogens with zero attached hydrogens (tertiary/aromatic N) is 5. The fraction of sp³-hybridized carbons (Fsp3) is 0.368. The zero-order valence-corrected chi connectivity index (χ0v) is 18.0. The van der Waals surface area contributed by atoms with E-state index in [9.17, 15) is 4.79 Å². The van der Waals surface area contributed by atoms with E-state index in [0.29, 0.717) is 24.0 Å². The highest BCUT2D eigenvalue weighted by atomic mass is 32.2. The highest BCUT2D eigenvalue weighted by Gasteiger charge is 2.20. The summed E-state index contributed by atoms with van der Waals surface area (Å²) in [5, 5.41) is 11.6. The van der Waals surface area contributed by atoms with Gasteiger partial charge in [0.2, 0.25) is 5.91 Å². The summed E-state index contributed by atoms with van der Waals surface area (Å²) < 4.78 is 7.07. The van der Waals surface area contributed by atoms with E-state index in [1.54, 1.807) is 37.0 Å². The molecule has 0 spiro atoms. The number of benzene rings is 1. The van der Waals surface area contributed by atoms with Crippen molar-refractivity contribution >= 4 is 39.8 Å². The molecule has 0 radical (unpaired) electrons. The van der Waals surface area contributed by atoms with Crippen molar-refractivity contribution in [3.05, 3.63) is 46.7 Å².